The molecule has 0 atom stereocenters. The Morgan fingerprint density at radius 1 is 0.963 bits per heavy atom. The van der Waals surface area contributed by atoms with Crippen LogP contribution < -0.4 is 14.8 Å². The van der Waals surface area contributed by atoms with E-state index in [0.717, 1.165) is 11.3 Å². The van der Waals surface area contributed by atoms with E-state index in [1.165, 1.54) is 6.07 Å². The van der Waals surface area contributed by atoms with Gasteiger partial charge in [-0.3, -0.25) is 10.1 Å². The fourth-order valence-electron chi connectivity index (χ4n) is 2.50. The van der Waals surface area contributed by atoms with Crippen molar-refractivity contribution in [3.63, 3.8) is 0 Å². The highest BCUT2D eigenvalue weighted by molar-refractivity contribution is 6.33. The van der Waals surface area contributed by atoms with Crippen LogP contribution in [-0.4, -0.2) is 12.0 Å². The van der Waals surface area contributed by atoms with Gasteiger partial charge in [-0.05, 0) is 54.1 Å². The molecule has 0 heterocycles. The second kappa shape index (κ2) is 8.42. The Balaban J connectivity index is 1.64. The number of para-hydroxylation sites is 1. The van der Waals surface area contributed by atoms with Gasteiger partial charge in [-0.1, -0.05) is 29.8 Å². The summed E-state index contributed by atoms with van der Waals surface area (Å²) in [5.74, 6) is 2.16. The zero-order valence-corrected chi connectivity index (χ0v) is 15.3. The van der Waals surface area contributed by atoms with E-state index in [2.05, 4.69) is 5.32 Å². The van der Waals surface area contributed by atoms with Crippen molar-refractivity contribution in [2.75, 3.05) is 12.4 Å². The van der Waals surface area contributed by atoms with Gasteiger partial charge in [0.2, 0.25) is 0 Å². The highest BCUT2D eigenvalue weighted by Gasteiger charge is 2.17. The molecule has 1 N–H and O–H groups in total. The minimum Gasteiger partial charge on any atom is -0.497 e. The largest absolute Gasteiger partial charge is 0.497 e. The number of hydrogen-bond donors (Lipinski definition) is 1. The molecule has 0 radical (unpaired) electrons. The third-order valence-electron chi connectivity index (χ3n) is 3.87. The van der Waals surface area contributed by atoms with Crippen LogP contribution in [0.1, 0.15) is 5.56 Å². The first-order chi connectivity index (χ1) is 13.1. The van der Waals surface area contributed by atoms with Gasteiger partial charge in [0.05, 0.1) is 12.0 Å². The predicted octanol–water partition coefficient (Wildman–Crippen LogP) is 5.66. The highest BCUT2D eigenvalue weighted by atomic mass is 35.5. The van der Waals surface area contributed by atoms with E-state index < -0.39 is 4.92 Å². The fraction of sp³-hybridized carbons (Fsp3) is 0.100. The van der Waals surface area contributed by atoms with E-state index in [1.807, 2.05) is 48.5 Å². The van der Waals surface area contributed by atoms with Crippen LogP contribution in [0.25, 0.3) is 0 Å². The van der Waals surface area contributed by atoms with Crippen LogP contribution in [0.2, 0.25) is 5.02 Å². The molecule has 0 unspecified atom stereocenters. The number of ether oxygens (including phenoxy) is 2. The van der Waals surface area contributed by atoms with E-state index >= 15 is 0 Å². The lowest BCUT2D eigenvalue weighted by molar-refractivity contribution is -0.383. The molecule has 0 amide bonds. The summed E-state index contributed by atoms with van der Waals surface area (Å²) in [5, 5.41) is 14.3. The third kappa shape index (κ3) is 4.68. The Bertz CT molecular complexity index is 928. The minimum atomic E-state index is -0.490. The average Bonchev–Trinajstić information content (AvgIpc) is 2.68. The lowest BCUT2D eigenvalue weighted by Crippen LogP contribution is -2.03. The summed E-state index contributed by atoms with van der Waals surface area (Å²) in [5.41, 5.74) is 1.20. The zero-order valence-electron chi connectivity index (χ0n) is 14.5. The summed E-state index contributed by atoms with van der Waals surface area (Å²) in [6.07, 6.45) is 0. The normalized spacial score (nSPS) is 10.3. The molecule has 0 fully saturated rings. The predicted molar refractivity (Wildman–Crippen MR) is 105 cm³/mol. The molecule has 0 aliphatic carbocycles. The van der Waals surface area contributed by atoms with Crippen molar-refractivity contribution in [1.82, 2.24) is 0 Å². The molecule has 7 heteroatoms. The summed E-state index contributed by atoms with van der Waals surface area (Å²) in [6, 6.07) is 19.6. The Morgan fingerprint density at radius 3 is 2.15 bits per heavy atom. The first-order valence-electron chi connectivity index (χ1n) is 8.14. The Kier molecular flexibility index (Phi) is 5.78. The SMILES string of the molecule is COc1ccc(Oc2ccc(CNc3cccc(Cl)c3[N+](=O)[O-])cc2)cc1. The first kappa shape index (κ1) is 18.5. The summed E-state index contributed by atoms with van der Waals surface area (Å²) in [7, 11) is 1.61. The molecule has 6 nitrogen and oxygen atoms in total. The van der Waals surface area contributed by atoms with Gasteiger partial charge in [-0.15, -0.1) is 0 Å². The summed E-state index contributed by atoms with van der Waals surface area (Å²) < 4.78 is 10.9. The minimum absolute atomic E-state index is 0.105. The molecule has 0 aromatic heterocycles. The number of nitro benzene ring substituents is 1. The summed E-state index contributed by atoms with van der Waals surface area (Å²) >= 11 is 5.92. The molecule has 0 aliphatic rings. The van der Waals surface area contributed by atoms with Crippen LogP contribution in [0.5, 0.6) is 17.2 Å². The highest BCUT2D eigenvalue weighted by Crippen LogP contribution is 2.32. The Morgan fingerprint density at radius 2 is 1.56 bits per heavy atom. The molecule has 27 heavy (non-hydrogen) atoms. The second-order valence-electron chi connectivity index (χ2n) is 5.67. The second-order valence-corrected chi connectivity index (χ2v) is 6.08. The number of anilines is 1. The first-order valence-corrected chi connectivity index (χ1v) is 8.52. The summed E-state index contributed by atoms with van der Waals surface area (Å²) in [6.45, 7) is 0.421. The van der Waals surface area contributed by atoms with E-state index in [1.54, 1.807) is 19.2 Å². The molecule has 0 aliphatic heterocycles. The standard InChI is InChI=1S/C20H17ClN2O4/c1-26-15-9-11-17(12-10-15)27-16-7-5-14(6-8-16)13-22-19-4-2-3-18(21)20(19)23(24)25/h2-12,22H,13H2,1H3. The maximum absolute atomic E-state index is 11.2. The van der Waals surface area contributed by atoms with Gasteiger partial charge in [-0.25, -0.2) is 0 Å². The lowest BCUT2D eigenvalue weighted by atomic mass is 10.2. The maximum Gasteiger partial charge on any atom is 0.310 e. The number of nitrogens with zero attached hydrogens (tertiary/aromatic N) is 1. The van der Waals surface area contributed by atoms with Crippen molar-refractivity contribution in [3.8, 4) is 17.2 Å². The van der Waals surface area contributed by atoms with E-state index in [0.29, 0.717) is 23.7 Å². The number of hydrogen-bond acceptors (Lipinski definition) is 5. The molecule has 3 rings (SSSR count). The molecule has 0 saturated heterocycles. The van der Waals surface area contributed by atoms with Gasteiger partial charge in [0.25, 0.3) is 0 Å². The molecule has 0 spiro atoms. The molecular weight excluding hydrogens is 368 g/mol. The van der Waals surface area contributed by atoms with Gasteiger partial charge >= 0.3 is 5.69 Å². The van der Waals surface area contributed by atoms with E-state index in [9.17, 15) is 10.1 Å². The van der Waals surface area contributed by atoms with Crippen LogP contribution in [0, 0.1) is 10.1 Å². The Hall–Kier alpha value is -3.25. The van der Waals surface area contributed by atoms with Crippen LogP contribution in [0.15, 0.2) is 66.7 Å². The number of rotatable bonds is 7. The number of nitrogens with one attached hydrogen (secondary N) is 1. The van der Waals surface area contributed by atoms with Gasteiger partial charge in [0, 0.05) is 6.54 Å². The van der Waals surface area contributed by atoms with E-state index in [4.69, 9.17) is 21.1 Å². The topological polar surface area (TPSA) is 73.6 Å². The Labute approximate surface area is 161 Å². The average molecular weight is 385 g/mol. The summed E-state index contributed by atoms with van der Waals surface area (Å²) in [4.78, 5) is 10.7. The van der Waals surface area contributed by atoms with Crippen LogP contribution in [0.3, 0.4) is 0 Å². The molecule has 0 bridgehead atoms. The monoisotopic (exact) mass is 384 g/mol. The van der Waals surface area contributed by atoms with E-state index in [-0.39, 0.29) is 10.7 Å². The van der Waals surface area contributed by atoms with Gasteiger partial charge in [0.15, 0.2) is 0 Å². The lowest BCUT2D eigenvalue weighted by Gasteiger charge is -2.10. The van der Waals surface area contributed by atoms with Gasteiger partial charge in [-0.2, -0.15) is 0 Å². The number of methoxy groups -OCH3 is 1. The van der Waals surface area contributed by atoms with Crippen LogP contribution in [0.4, 0.5) is 11.4 Å². The number of halogens is 1. The van der Waals surface area contributed by atoms with Crippen molar-refractivity contribution >= 4 is 23.0 Å². The fourth-order valence-corrected chi connectivity index (χ4v) is 2.74. The molecule has 3 aromatic rings. The zero-order chi connectivity index (χ0) is 19.2. The number of benzene rings is 3. The van der Waals surface area contributed by atoms with Crippen molar-refractivity contribution < 1.29 is 14.4 Å². The van der Waals surface area contributed by atoms with Crippen LogP contribution >= 0.6 is 11.6 Å². The van der Waals surface area contributed by atoms with Crippen molar-refractivity contribution in [3.05, 3.63) is 87.4 Å². The van der Waals surface area contributed by atoms with Gasteiger partial charge < -0.3 is 14.8 Å². The number of nitro groups is 1. The molecule has 3 aromatic carbocycles. The smallest absolute Gasteiger partial charge is 0.310 e. The van der Waals surface area contributed by atoms with Crippen molar-refractivity contribution in [2.24, 2.45) is 0 Å². The molecular formula is C20H17ClN2O4. The maximum atomic E-state index is 11.2. The van der Waals surface area contributed by atoms with Crippen molar-refractivity contribution in [1.29, 1.82) is 0 Å². The quantitative estimate of drug-likeness (QED) is 0.420. The molecule has 0 saturated carbocycles. The van der Waals surface area contributed by atoms with Crippen LogP contribution in [-0.2, 0) is 6.54 Å². The molecule has 138 valence electrons. The third-order valence-corrected chi connectivity index (χ3v) is 4.18. The van der Waals surface area contributed by atoms with Crippen molar-refractivity contribution in [2.45, 2.75) is 6.54 Å². The van der Waals surface area contributed by atoms with Gasteiger partial charge in [0.1, 0.15) is 28.0 Å².